The lowest BCUT2D eigenvalue weighted by Crippen LogP contribution is -2.24. The molecule has 112 valence electrons. The van der Waals surface area contributed by atoms with Crippen LogP contribution in [0.5, 0.6) is 0 Å². The summed E-state index contributed by atoms with van der Waals surface area (Å²) in [7, 11) is 1.93. The van der Waals surface area contributed by atoms with Crippen LogP contribution in [0, 0.1) is 0 Å². The van der Waals surface area contributed by atoms with Crippen LogP contribution in [0.25, 0.3) is 11.5 Å². The van der Waals surface area contributed by atoms with Gasteiger partial charge in [0.2, 0.25) is 0 Å². The summed E-state index contributed by atoms with van der Waals surface area (Å²) in [4.78, 5) is 11.3. The minimum atomic E-state index is 0.322. The summed E-state index contributed by atoms with van der Waals surface area (Å²) in [5.41, 5.74) is 0.926. The van der Waals surface area contributed by atoms with Crippen LogP contribution in [0.15, 0.2) is 22.9 Å². The monoisotopic (exact) mass is 287 g/mol. The normalized spacial score (nSPS) is 16.4. The van der Waals surface area contributed by atoms with Gasteiger partial charge >= 0.3 is 0 Å². The molecule has 0 aromatic carbocycles. The van der Waals surface area contributed by atoms with E-state index in [9.17, 15) is 0 Å². The van der Waals surface area contributed by atoms with E-state index in [1.165, 1.54) is 12.8 Å². The highest BCUT2D eigenvalue weighted by atomic mass is 16.5. The predicted molar refractivity (Wildman–Crippen MR) is 81.2 cm³/mol. The molecule has 1 saturated heterocycles. The molecule has 1 N–H and O–H groups in total. The minimum absolute atomic E-state index is 0.322. The standard InChI is InChI=1S/C15H21N5O/c1-11(16-2)10-13-18-15(21-19-13)12-6-5-7-17-14(12)20-8-3-4-9-20/h5-7,11,16H,3-4,8-10H2,1-2H3. The molecule has 3 rings (SSSR count). The summed E-state index contributed by atoms with van der Waals surface area (Å²) >= 11 is 0. The Bertz CT molecular complexity index is 591. The largest absolute Gasteiger partial charge is 0.356 e. The lowest BCUT2D eigenvalue weighted by atomic mass is 10.2. The van der Waals surface area contributed by atoms with E-state index in [1.54, 1.807) is 0 Å². The van der Waals surface area contributed by atoms with Crippen LogP contribution in [-0.4, -0.2) is 41.3 Å². The van der Waals surface area contributed by atoms with Gasteiger partial charge in [-0.1, -0.05) is 5.16 Å². The molecule has 21 heavy (non-hydrogen) atoms. The van der Waals surface area contributed by atoms with Gasteiger partial charge in [0.25, 0.3) is 5.89 Å². The van der Waals surface area contributed by atoms with Crippen LogP contribution in [0.3, 0.4) is 0 Å². The molecule has 1 unspecified atom stereocenters. The average Bonchev–Trinajstić information content (AvgIpc) is 3.18. The van der Waals surface area contributed by atoms with Gasteiger partial charge in [0, 0.05) is 31.7 Å². The molecule has 1 fully saturated rings. The second-order valence-electron chi connectivity index (χ2n) is 5.48. The lowest BCUT2D eigenvalue weighted by molar-refractivity contribution is 0.418. The van der Waals surface area contributed by atoms with Crippen LogP contribution >= 0.6 is 0 Å². The Kier molecular flexibility index (Phi) is 4.15. The number of pyridine rings is 1. The number of likely N-dealkylation sites (N-methyl/N-ethyl adjacent to an activating group) is 1. The average molecular weight is 287 g/mol. The van der Waals surface area contributed by atoms with Crippen molar-refractivity contribution in [2.75, 3.05) is 25.0 Å². The number of rotatable bonds is 5. The first-order chi connectivity index (χ1) is 10.3. The zero-order valence-electron chi connectivity index (χ0n) is 12.5. The van der Waals surface area contributed by atoms with Gasteiger partial charge in [-0.3, -0.25) is 0 Å². The molecule has 0 saturated carbocycles. The number of anilines is 1. The summed E-state index contributed by atoms with van der Waals surface area (Å²) in [6.07, 6.45) is 4.99. The molecule has 0 radical (unpaired) electrons. The van der Waals surface area contributed by atoms with E-state index in [4.69, 9.17) is 4.52 Å². The fourth-order valence-corrected chi connectivity index (χ4v) is 2.57. The van der Waals surface area contributed by atoms with Crippen LogP contribution in [0.1, 0.15) is 25.6 Å². The van der Waals surface area contributed by atoms with Gasteiger partial charge in [0.05, 0.1) is 5.56 Å². The molecule has 6 nitrogen and oxygen atoms in total. The first-order valence-corrected chi connectivity index (χ1v) is 7.48. The highest BCUT2D eigenvalue weighted by Crippen LogP contribution is 2.29. The highest BCUT2D eigenvalue weighted by molar-refractivity contribution is 5.69. The maximum Gasteiger partial charge on any atom is 0.261 e. The van der Waals surface area contributed by atoms with Crippen molar-refractivity contribution in [3.8, 4) is 11.5 Å². The molecule has 2 aromatic heterocycles. The Balaban J connectivity index is 1.86. The minimum Gasteiger partial charge on any atom is -0.356 e. The molecular formula is C15H21N5O. The van der Waals surface area contributed by atoms with E-state index in [-0.39, 0.29) is 0 Å². The first kappa shape index (κ1) is 14.0. The van der Waals surface area contributed by atoms with Gasteiger partial charge in [0.15, 0.2) is 5.82 Å². The molecule has 1 atom stereocenters. The van der Waals surface area contributed by atoms with E-state index in [0.29, 0.717) is 11.9 Å². The van der Waals surface area contributed by atoms with Crippen LogP contribution in [-0.2, 0) is 6.42 Å². The molecule has 2 aromatic rings. The van der Waals surface area contributed by atoms with Gasteiger partial charge in [-0.25, -0.2) is 4.98 Å². The van der Waals surface area contributed by atoms with Gasteiger partial charge < -0.3 is 14.7 Å². The van der Waals surface area contributed by atoms with Gasteiger partial charge in [-0.2, -0.15) is 4.98 Å². The molecule has 3 heterocycles. The third kappa shape index (κ3) is 3.05. The Morgan fingerprint density at radius 3 is 2.95 bits per heavy atom. The summed E-state index contributed by atoms with van der Waals surface area (Å²) in [5.74, 6) is 2.23. The molecule has 1 aliphatic heterocycles. The summed E-state index contributed by atoms with van der Waals surface area (Å²) < 4.78 is 5.44. The topological polar surface area (TPSA) is 67.1 Å². The zero-order chi connectivity index (χ0) is 14.7. The number of hydrogen-bond donors (Lipinski definition) is 1. The highest BCUT2D eigenvalue weighted by Gasteiger charge is 2.21. The fraction of sp³-hybridized carbons (Fsp3) is 0.533. The first-order valence-electron chi connectivity index (χ1n) is 7.48. The van der Waals surface area contributed by atoms with Crippen molar-refractivity contribution in [1.29, 1.82) is 0 Å². The summed E-state index contributed by atoms with van der Waals surface area (Å²) in [6, 6.07) is 4.23. The van der Waals surface area contributed by atoms with Crippen molar-refractivity contribution in [1.82, 2.24) is 20.4 Å². The molecule has 0 bridgehead atoms. The predicted octanol–water partition coefficient (Wildman–Crippen LogP) is 1.88. The smallest absolute Gasteiger partial charge is 0.261 e. The van der Waals surface area contributed by atoms with Crippen LogP contribution < -0.4 is 10.2 Å². The van der Waals surface area contributed by atoms with E-state index in [2.05, 4.69) is 32.3 Å². The third-order valence-electron chi connectivity index (χ3n) is 3.87. The maximum absolute atomic E-state index is 5.44. The number of nitrogens with zero attached hydrogens (tertiary/aromatic N) is 4. The molecule has 6 heteroatoms. The van der Waals surface area contributed by atoms with E-state index in [1.807, 2.05) is 25.4 Å². The number of aromatic nitrogens is 3. The molecule has 1 aliphatic rings. The number of hydrogen-bond acceptors (Lipinski definition) is 6. The molecular weight excluding hydrogens is 266 g/mol. The van der Waals surface area contributed by atoms with Crippen molar-refractivity contribution in [2.24, 2.45) is 0 Å². The Morgan fingerprint density at radius 2 is 2.19 bits per heavy atom. The molecule has 0 spiro atoms. The fourth-order valence-electron chi connectivity index (χ4n) is 2.57. The molecule has 0 amide bonds. The summed E-state index contributed by atoms with van der Waals surface area (Å²) in [5, 5.41) is 7.25. The third-order valence-corrected chi connectivity index (χ3v) is 3.87. The van der Waals surface area contributed by atoms with E-state index >= 15 is 0 Å². The summed E-state index contributed by atoms with van der Waals surface area (Å²) in [6.45, 7) is 4.18. The van der Waals surface area contributed by atoms with Crippen molar-refractivity contribution in [3.63, 3.8) is 0 Å². The Labute approximate surface area is 124 Å². The lowest BCUT2D eigenvalue weighted by Gasteiger charge is -2.18. The van der Waals surface area contributed by atoms with Crippen molar-refractivity contribution < 1.29 is 4.52 Å². The van der Waals surface area contributed by atoms with Crippen molar-refractivity contribution in [2.45, 2.75) is 32.2 Å². The van der Waals surface area contributed by atoms with Crippen molar-refractivity contribution in [3.05, 3.63) is 24.2 Å². The van der Waals surface area contributed by atoms with Crippen LogP contribution in [0.2, 0.25) is 0 Å². The van der Waals surface area contributed by atoms with Crippen molar-refractivity contribution >= 4 is 5.82 Å². The quantitative estimate of drug-likeness (QED) is 0.905. The zero-order valence-corrected chi connectivity index (χ0v) is 12.5. The molecule has 0 aliphatic carbocycles. The van der Waals surface area contributed by atoms with E-state index < -0.39 is 0 Å². The Morgan fingerprint density at radius 1 is 1.38 bits per heavy atom. The van der Waals surface area contributed by atoms with Gasteiger partial charge in [0.1, 0.15) is 5.82 Å². The maximum atomic E-state index is 5.44. The van der Waals surface area contributed by atoms with Gasteiger partial charge in [-0.05, 0) is 38.9 Å². The van der Waals surface area contributed by atoms with Crippen LogP contribution in [0.4, 0.5) is 5.82 Å². The van der Waals surface area contributed by atoms with E-state index in [0.717, 1.165) is 36.7 Å². The second kappa shape index (κ2) is 6.22. The number of nitrogens with one attached hydrogen (secondary N) is 1. The SMILES string of the molecule is CNC(C)Cc1noc(-c2cccnc2N2CCCC2)n1. The second-order valence-corrected chi connectivity index (χ2v) is 5.48. The van der Waals surface area contributed by atoms with Gasteiger partial charge in [-0.15, -0.1) is 0 Å². The Hall–Kier alpha value is -1.95.